The van der Waals surface area contributed by atoms with Crippen molar-refractivity contribution < 1.29 is 20.8 Å². The van der Waals surface area contributed by atoms with Crippen molar-refractivity contribution in [2.45, 2.75) is 13.3 Å². The number of nitro groups is 1. The largest absolute Gasteiger partial charge is 0.412 e. The van der Waals surface area contributed by atoms with Crippen LogP contribution in [-0.4, -0.2) is 61.4 Å². The highest BCUT2D eigenvalue weighted by molar-refractivity contribution is 7.96. The second-order valence-corrected chi connectivity index (χ2v) is 4.50. The first-order valence-corrected chi connectivity index (χ1v) is 6.09. The first kappa shape index (κ1) is 17.2. The van der Waals surface area contributed by atoms with E-state index in [0.29, 0.717) is 18.2 Å². The Morgan fingerprint density at radius 2 is 2.16 bits per heavy atom. The summed E-state index contributed by atoms with van der Waals surface area (Å²) in [5.74, 6) is 1.13. The van der Waals surface area contributed by atoms with Gasteiger partial charge < -0.3 is 11.0 Å². The molecule has 2 aliphatic rings. The van der Waals surface area contributed by atoms with Crippen LogP contribution in [0.1, 0.15) is 13.3 Å². The number of guanidine groups is 1. The molecule has 11 nitrogen and oxygen atoms in total. The standard InChI is InChI=1S/C7H12N6O3S.2H2O/c1-2-5-17-11-4-3-10-6(9-11)8-7(14)12(10)13(15)16;;/h2-5H2,1H3,(H,8,9,14);2*1H2. The van der Waals surface area contributed by atoms with Gasteiger partial charge in [-0.25, -0.2) is 19.3 Å². The second kappa shape index (κ2) is 6.96. The van der Waals surface area contributed by atoms with E-state index < -0.39 is 11.1 Å². The number of nitrogens with one attached hydrogen (secondary N) is 1. The zero-order valence-corrected chi connectivity index (χ0v) is 11.0. The SMILES string of the molecule is CCCSN1CCN2C(=N1)NC(=O)N2[N+](=O)[O-].O.O. The Kier molecular flexibility index (Phi) is 6.31. The maximum absolute atomic E-state index is 11.3. The third-order valence-electron chi connectivity index (χ3n) is 2.18. The monoisotopic (exact) mass is 296 g/mol. The number of hydrogen-bond acceptors (Lipinski definition) is 7. The number of hydrazone groups is 1. The van der Waals surface area contributed by atoms with E-state index in [1.54, 1.807) is 4.41 Å². The Hall–Kier alpha value is -1.79. The molecular formula is C7H16N6O5S. The molecule has 0 spiro atoms. The molecule has 19 heavy (non-hydrogen) atoms. The maximum atomic E-state index is 11.3. The molecule has 0 aromatic carbocycles. The van der Waals surface area contributed by atoms with Crippen molar-refractivity contribution in [1.82, 2.24) is 19.9 Å². The zero-order valence-electron chi connectivity index (χ0n) is 10.2. The first-order chi connectivity index (χ1) is 8.13. The van der Waals surface area contributed by atoms with Gasteiger partial charge in [-0.3, -0.25) is 5.32 Å². The van der Waals surface area contributed by atoms with Gasteiger partial charge in [0.1, 0.15) is 0 Å². The average molecular weight is 296 g/mol. The van der Waals surface area contributed by atoms with Crippen molar-refractivity contribution >= 4 is 23.9 Å². The molecule has 0 aromatic rings. The minimum atomic E-state index is -0.781. The number of urea groups is 1. The summed E-state index contributed by atoms with van der Waals surface area (Å²) in [6.07, 6.45) is 1.02. The summed E-state index contributed by atoms with van der Waals surface area (Å²) >= 11 is 1.54. The van der Waals surface area contributed by atoms with Crippen molar-refractivity contribution in [1.29, 1.82) is 0 Å². The van der Waals surface area contributed by atoms with Gasteiger partial charge in [0.25, 0.3) is 0 Å². The maximum Gasteiger partial charge on any atom is 0.408 e. The molecule has 1 saturated heterocycles. The summed E-state index contributed by atoms with van der Waals surface area (Å²) in [6, 6.07) is -0.781. The number of hydrogen-bond donors (Lipinski definition) is 1. The first-order valence-electron chi connectivity index (χ1n) is 5.15. The predicted octanol–water partition coefficient (Wildman–Crippen LogP) is -1.58. The molecule has 0 aliphatic carbocycles. The zero-order chi connectivity index (χ0) is 12.4. The molecule has 1 fully saturated rings. The Labute approximate surface area is 113 Å². The fourth-order valence-corrected chi connectivity index (χ4v) is 2.21. The molecule has 2 heterocycles. The third kappa shape index (κ3) is 3.36. The lowest BCUT2D eigenvalue weighted by Gasteiger charge is -2.28. The molecule has 0 aromatic heterocycles. The van der Waals surface area contributed by atoms with E-state index in [1.807, 2.05) is 0 Å². The molecular weight excluding hydrogens is 280 g/mol. The summed E-state index contributed by atoms with van der Waals surface area (Å²) in [6.45, 7) is 2.95. The Morgan fingerprint density at radius 3 is 2.74 bits per heavy atom. The van der Waals surface area contributed by atoms with Crippen LogP contribution < -0.4 is 5.32 Å². The molecule has 2 aliphatic heterocycles. The highest BCUT2D eigenvalue weighted by Crippen LogP contribution is 2.19. The minimum Gasteiger partial charge on any atom is -0.412 e. The summed E-state index contributed by atoms with van der Waals surface area (Å²) in [7, 11) is 0. The molecule has 0 radical (unpaired) electrons. The number of carbonyl (C=O) groups is 1. The van der Waals surface area contributed by atoms with Gasteiger partial charge in [-0.1, -0.05) is 6.92 Å². The summed E-state index contributed by atoms with van der Waals surface area (Å²) < 4.78 is 1.74. The van der Waals surface area contributed by atoms with Gasteiger partial charge in [0, 0.05) is 5.75 Å². The second-order valence-electron chi connectivity index (χ2n) is 3.41. The van der Waals surface area contributed by atoms with Crippen LogP contribution in [0.4, 0.5) is 4.79 Å². The van der Waals surface area contributed by atoms with Crippen LogP contribution in [0.15, 0.2) is 5.10 Å². The minimum absolute atomic E-state index is 0. The molecule has 5 N–H and O–H groups in total. The van der Waals surface area contributed by atoms with Gasteiger partial charge in [-0.15, -0.1) is 5.10 Å². The Morgan fingerprint density at radius 1 is 1.47 bits per heavy atom. The predicted molar refractivity (Wildman–Crippen MR) is 68.2 cm³/mol. The molecule has 0 saturated carbocycles. The van der Waals surface area contributed by atoms with Gasteiger partial charge in [0.2, 0.25) is 5.96 Å². The highest BCUT2D eigenvalue weighted by Gasteiger charge is 2.44. The summed E-state index contributed by atoms with van der Waals surface area (Å²) in [4.78, 5) is 22.0. The molecule has 110 valence electrons. The summed E-state index contributed by atoms with van der Waals surface area (Å²) in [5.41, 5.74) is 0. The van der Waals surface area contributed by atoms with E-state index in [4.69, 9.17) is 0 Å². The van der Waals surface area contributed by atoms with Crippen LogP contribution in [0.3, 0.4) is 0 Å². The normalized spacial score (nSPS) is 17.0. The van der Waals surface area contributed by atoms with Crippen molar-refractivity contribution in [3.05, 3.63) is 10.1 Å². The smallest absolute Gasteiger partial charge is 0.408 e. The highest BCUT2D eigenvalue weighted by atomic mass is 32.2. The van der Waals surface area contributed by atoms with E-state index in [2.05, 4.69) is 17.3 Å². The fraction of sp³-hybridized carbons (Fsp3) is 0.714. The van der Waals surface area contributed by atoms with Crippen LogP contribution in [0.2, 0.25) is 0 Å². The van der Waals surface area contributed by atoms with Crippen molar-refractivity contribution in [2.24, 2.45) is 5.10 Å². The molecule has 0 bridgehead atoms. The van der Waals surface area contributed by atoms with Gasteiger partial charge in [0.15, 0.2) is 5.03 Å². The van der Waals surface area contributed by atoms with Crippen LogP contribution in [0, 0.1) is 10.1 Å². The molecule has 0 unspecified atom stereocenters. The topological polar surface area (TPSA) is 157 Å². The number of rotatable bonds is 4. The molecule has 2 rings (SSSR count). The number of nitrogens with zero attached hydrogens (tertiary/aromatic N) is 5. The van der Waals surface area contributed by atoms with E-state index >= 15 is 0 Å². The summed E-state index contributed by atoms with van der Waals surface area (Å²) in [5, 5.41) is 18.1. The third-order valence-corrected chi connectivity index (χ3v) is 3.34. The molecule has 12 heteroatoms. The Balaban J connectivity index is 0.00000162. The van der Waals surface area contributed by atoms with Crippen LogP contribution >= 0.6 is 11.9 Å². The number of hydrazine groups is 2. The van der Waals surface area contributed by atoms with Crippen molar-refractivity contribution in [3.63, 3.8) is 0 Å². The van der Waals surface area contributed by atoms with E-state index in [-0.39, 0.29) is 16.9 Å². The van der Waals surface area contributed by atoms with Gasteiger partial charge >= 0.3 is 6.03 Å². The van der Waals surface area contributed by atoms with Crippen LogP contribution in [-0.2, 0) is 0 Å². The van der Waals surface area contributed by atoms with E-state index in [1.165, 1.54) is 17.0 Å². The molecule has 0 atom stereocenters. The fourth-order valence-electron chi connectivity index (χ4n) is 1.48. The number of amides is 2. The lowest BCUT2D eigenvalue weighted by molar-refractivity contribution is -0.665. The van der Waals surface area contributed by atoms with Crippen LogP contribution in [0.25, 0.3) is 0 Å². The quantitative estimate of drug-likeness (QED) is 0.374. The van der Waals surface area contributed by atoms with E-state index in [9.17, 15) is 14.9 Å². The van der Waals surface area contributed by atoms with Gasteiger partial charge in [-0.2, -0.15) is 5.01 Å². The van der Waals surface area contributed by atoms with Crippen molar-refractivity contribution in [2.75, 3.05) is 18.8 Å². The van der Waals surface area contributed by atoms with E-state index in [0.717, 1.165) is 12.2 Å². The van der Waals surface area contributed by atoms with Crippen molar-refractivity contribution in [3.8, 4) is 0 Å². The molecule has 2 amide bonds. The number of fused-ring (bicyclic) bond motifs is 1. The lowest BCUT2D eigenvalue weighted by Crippen LogP contribution is -2.49. The number of carbonyl (C=O) groups excluding carboxylic acids is 1. The lowest BCUT2D eigenvalue weighted by atomic mass is 10.6. The van der Waals surface area contributed by atoms with Gasteiger partial charge in [0.05, 0.1) is 18.2 Å². The van der Waals surface area contributed by atoms with Crippen LogP contribution in [0.5, 0.6) is 0 Å². The average Bonchev–Trinajstić information content (AvgIpc) is 2.61. The van der Waals surface area contributed by atoms with Gasteiger partial charge in [-0.05, 0) is 18.4 Å². The Bertz CT molecular complexity index is 379.